The maximum absolute atomic E-state index is 13.5. The summed E-state index contributed by atoms with van der Waals surface area (Å²) in [6, 6.07) is 29.8. The Bertz CT molecular complexity index is 1630. The average Bonchev–Trinajstić information content (AvgIpc) is 3.42. The Hall–Kier alpha value is -4.85. The van der Waals surface area contributed by atoms with Gasteiger partial charge < -0.3 is 14.6 Å². The van der Waals surface area contributed by atoms with Crippen LogP contribution >= 0.6 is 0 Å². The summed E-state index contributed by atoms with van der Waals surface area (Å²) < 4.78 is 46.7. The van der Waals surface area contributed by atoms with E-state index in [1.807, 2.05) is 97.9 Å². The second-order valence-corrected chi connectivity index (χ2v) is 9.39. The first-order valence-corrected chi connectivity index (χ1v) is 12.6. The average molecular weight is 542 g/mol. The number of amides is 1. The minimum atomic E-state index is -4.54. The maximum atomic E-state index is 13.5. The molecule has 0 radical (unpaired) electrons. The minimum Gasteiger partial charge on any atom is -0.435 e. The van der Waals surface area contributed by atoms with E-state index in [0.717, 1.165) is 22.9 Å². The number of hydrogen-bond acceptors (Lipinski definition) is 4. The van der Waals surface area contributed by atoms with Crippen LogP contribution in [-0.2, 0) is 12.7 Å². The van der Waals surface area contributed by atoms with Gasteiger partial charge in [-0.1, -0.05) is 66.7 Å². The van der Waals surface area contributed by atoms with Crippen molar-refractivity contribution in [3.8, 4) is 33.9 Å². The summed E-state index contributed by atoms with van der Waals surface area (Å²) in [6.45, 7) is -0.323. The van der Waals surface area contributed by atoms with E-state index in [4.69, 9.17) is 4.42 Å². The van der Waals surface area contributed by atoms with Crippen LogP contribution < -0.4 is 10.2 Å². The van der Waals surface area contributed by atoms with Gasteiger partial charge in [0.2, 0.25) is 5.89 Å². The normalized spacial score (nSPS) is 11.3. The largest absolute Gasteiger partial charge is 0.435 e. The van der Waals surface area contributed by atoms with Crippen molar-refractivity contribution >= 4 is 11.6 Å². The highest BCUT2D eigenvalue weighted by atomic mass is 19.4. The SMILES string of the molecule is CN(C)c1ccc(-c2oc(-c3ccccc3-c3ccccc3)nc2C(=O)NCc2ccccc2C(F)(F)F)cc1. The third-order valence-corrected chi connectivity index (χ3v) is 6.49. The van der Waals surface area contributed by atoms with Gasteiger partial charge in [-0.25, -0.2) is 4.98 Å². The van der Waals surface area contributed by atoms with Crippen LogP contribution in [0.25, 0.3) is 33.9 Å². The van der Waals surface area contributed by atoms with Crippen molar-refractivity contribution in [2.24, 2.45) is 0 Å². The number of carbonyl (C=O) groups excluding carboxylic acids is 1. The molecule has 1 amide bonds. The summed E-state index contributed by atoms with van der Waals surface area (Å²) in [7, 11) is 3.83. The van der Waals surface area contributed by atoms with Crippen LogP contribution in [0.5, 0.6) is 0 Å². The number of oxazole rings is 1. The highest BCUT2D eigenvalue weighted by Gasteiger charge is 2.33. The highest BCUT2D eigenvalue weighted by Crippen LogP contribution is 2.36. The summed E-state index contributed by atoms with van der Waals surface area (Å²) in [5.41, 5.74) is 3.20. The van der Waals surface area contributed by atoms with E-state index in [1.54, 1.807) is 0 Å². The third-order valence-electron chi connectivity index (χ3n) is 6.49. The molecule has 0 spiro atoms. The maximum Gasteiger partial charge on any atom is 0.416 e. The Morgan fingerprint density at radius 2 is 1.43 bits per heavy atom. The topological polar surface area (TPSA) is 58.4 Å². The van der Waals surface area contributed by atoms with Crippen LogP contribution in [-0.4, -0.2) is 25.0 Å². The van der Waals surface area contributed by atoms with E-state index in [9.17, 15) is 18.0 Å². The van der Waals surface area contributed by atoms with Gasteiger partial charge in [0.25, 0.3) is 5.91 Å². The Balaban J connectivity index is 1.55. The fourth-order valence-electron chi connectivity index (χ4n) is 4.45. The van der Waals surface area contributed by atoms with Crippen molar-refractivity contribution in [2.45, 2.75) is 12.7 Å². The van der Waals surface area contributed by atoms with Gasteiger partial charge >= 0.3 is 6.18 Å². The zero-order chi connectivity index (χ0) is 28.3. The Morgan fingerprint density at radius 3 is 2.10 bits per heavy atom. The Kier molecular flexibility index (Phi) is 7.42. The molecular weight excluding hydrogens is 515 g/mol. The van der Waals surface area contributed by atoms with Crippen LogP contribution in [0, 0.1) is 0 Å². The second-order valence-electron chi connectivity index (χ2n) is 9.39. The van der Waals surface area contributed by atoms with Gasteiger partial charge in [0, 0.05) is 37.5 Å². The molecule has 5 aromatic rings. The summed E-state index contributed by atoms with van der Waals surface area (Å²) >= 11 is 0. The van der Waals surface area contributed by atoms with E-state index in [0.29, 0.717) is 11.1 Å². The molecule has 0 aliphatic carbocycles. The van der Waals surface area contributed by atoms with Crippen molar-refractivity contribution in [2.75, 3.05) is 19.0 Å². The molecule has 0 saturated heterocycles. The van der Waals surface area contributed by atoms with Crippen molar-refractivity contribution in [3.63, 3.8) is 0 Å². The number of alkyl halides is 3. The number of carbonyl (C=O) groups is 1. The number of benzene rings is 4. The molecule has 40 heavy (non-hydrogen) atoms. The second kappa shape index (κ2) is 11.1. The number of nitrogens with one attached hydrogen (secondary N) is 1. The standard InChI is InChI=1S/C32H26F3N3O2/c1-38(2)24-18-16-22(17-19-24)29-28(30(39)36-20-23-12-6-9-15-27(23)32(33,34)35)37-31(40-29)26-14-8-7-13-25(26)21-10-4-3-5-11-21/h3-19H,20H2,1-2H3,(H,36,39). The van der Waals surface area contributed by atoms with Gasteiger partial charge in [-0.15, -0.1) is 0 Å². The lowest BCUT2D eigenvalue weighted by molar-refractivity contribution is -0.138. The number of nitrogens with zero attached hydrogens (tertiary/aromatic N) is 2. The molecule has 202 valence electrons. The lowest BCUT2D eigenvalue weighted by Gasteiger charge is -2.13. The smallest absolute Gasteiger partial charge is 0.416 e. The molecule has 1 N–H and O–H groups in total. The van der Waals surface area contributed by atoms with Gasteiger partial charge in [0.1, 0.15) is 0 Å². The first-order chi connectivity index (χ1) is 19.2. The predicted octanol–water partition coefficient (Wildman–Crippen LogP) is 7.69. The molecule has 5 rings (SSSR count). The fraction of sp³-hybridized carbons (Fsp3) is 0.125. The monoisotopic (exact) mass is 541 g/mol. The van der Waals surface area contributed by atoms with Crippen LogP contribution in [0.2, 0.25) is 0 Å². The van der Waals surface area contributed by atoms with Gasteiger partial charge in [0.05, 0.1) is 5.56 Å². The molecule has 1 heterocycles. The summed E-state index contributed by atoms with van der Waals surface area (Å²) in [5.74, 6) is -0.187. The number of halogens is 3. The third kappa shape index (κ3) is 5.61. The first kappa shape index (κ1) is 26.7. The van der Waals surface area contributed by atoms with Gasteiger partial charge in [0.15, 0.2) is 11.5 Å². The van der Waals surface area contributed by atoms with Crippen molar-refractivity contribution in [1.29, 1.82) is 0 Å². The van der Waals surface area contributed by atoms with E-state index >= 15 is 0 Å². The molecule has 4 aromatic carbocycles. The number of aromatic nitrogens is 1. The molecule has 5 nitrogen and oxygen atoms in total. The molecule has 0 saturated carbocycles. The first-order valence-electron chi connectivity index (χ1n) is 12.6. The van der Waals surface area contributed by atoms with Crippen LogP contribution in [0.1, 0.15) is 21.6 Å². The molecule has 0 aliphatic heterocycles. The number of anilines is 1. The zero-order valence-corrected chi connectivity index (χ0v) is 21.9. The molecule has 0 bridgehead atoms. The van der Waals surface area contributed by atoms with Gasteiger partial charge in [-0.05, 0) is 53.1 Å². The lowest BCUT2D eigenvalue weighted by atomic mass is 10.00. The molecule has 8 heteroatoms. The van der Waals surface area contributed by atoms with E-state index in [1.165, 1.54) is 18.2 Å². The molecule has 1 aromatic heterocycles. The molecule has 0 fully saturated rings. The lowest BCUT2D eigenvalue weighted by Crippen LogP contribution is -2.25. The predicted molar refractivity (Wildman–Crippen MR) is 150 cm³/mol. The van der Waals surface area contributed by atoms with Crippen molar-refractivity contribution in [1.82, 2.24) is 10.3 Å². The fourth-order valence-corrected chi connectivity index (χ4v) is 4.45. The quantitative estimate of drug-likeness (QED) is 0.230. The van der Waals surface area contributed by atoms with Crippen molar-refractivity contribution < 1.29 is 22.4 Å². The zero-order valence-electron chi connectivity index (χ0n) is 21.9. The van der Waals surface area contributed by atoms with Crippen LogP contribution in [0.4, 0.5) is 18.9 Å². The van der Waals surface area contributed by atoms with Crippen molar-refractivity contribution in [3.05, 3.63) is 120 Å². The Labute approximate surface area is 229 Å². The Morgan fingerprint density at radius 1 is 0.800 bits per heavy atom. The minimum absolute atomic E-state index is 0.0139. The van der Waals surface area contributed by atoms with Gasteiger partial charge in [-0.3, -0.25) is 4.79 Å². The number of rotatable bonds is 7. The molecule has 0 unspecified atom stereocenters. The summed E-state index contributed by atoms with van der Waals surface area (Å²) in [6.07, 6.45) is -4.54. The van der Waals surface area contributed by atoms with E-state index < -0.39 is 17.6 Å². The molecule has 0 aliphatic rings. The molecule has 0 atom stereocenters. The summed E-state index contributed by atoms with van der Waals surface area (Å²) in [4.78, 5) is 19.9. The van der Waals surface area contributed by atoms with Crippen LogP contribution in [0.3, 0.4) is 0 Å². The van der Waals surface area contributed by atoms with Gasteiger partial charge in [-0.2, -0.15) is 13.2 Å². The highest BCUT2D eigenvalue weighted by molar-refractivity contribution is 5.98. The number of hydrogen-bond donors (Lipinski definition) is 1. The van der Waals surface area contributed by atoms with Crippen LogP contribution in [0.15, 0.2) is 108 Å². The summed E-state index contributed by atoms with van der Waals surface area (Å²) in [5, 5.41) is 2.61. The molecular formula is C32H26F3N3O2. The van der Waals surface area contributed by atoms with E-state index in [2.05, 4.69) is 10.3 Å². The van der Waals surface area contributed by atoms with E-state index in [-0.39, 0.29) is 29.5 Å².